The number of rotatable bonds is 0. The maximum absolute atomic E-state index is 4.86. The third kappa shape index (κ3) is 1.71. The smallest absolute Gasteiger partial charge is 0.207 e. The van der Waals surface area contributed by atoms with E-state index in [-0.39, 0.29) is 0 Å². The molecular weight excluding hydrogens is 184 g/mol. The van der Waals surface area contributed by atoms with Gasteiger partial charge in [-0.2, -0.15) is 0 Å². The first kappa shape index (κ1) is 6.61. The fraction of sp³-hybridized carbons (Fsp3) is 0.400. The van der Waals surface area contributed by atoms with E-state index in [1.165, 1.54) is 0 Å². The third-order valence-corrected chi connectivity index (χ3v) is 1.45. The maximum Gasteiger partial charge on any atom is 0.207 e. The van der Waals surface area contributed by atoms with Crippen LogP contribution in [0.25, 0.3) is 0 Å². The average Bonchev–Trinajstić information content (AvgIpc) is 1.90. The molecular formula is C5H7BrN2O. The summed E-state index contributed by atoms with van der Waals surface area (Å²) in [6.07, 6.45) is 1.67. The van der Waals surface area contributed by atoms with Crippen molar-refractivity contribution >= 4 is 21.8 Å². The Balaban J connectivity index is 2.59. The van der Waals surface area contributed by atoms with Gasteiger partial charge >= 0.3 is 0 Å². The van der Waals surface area contributed by atoms with Crippen molar-refractivity contribution in [2.75, 3.05) is 13.7 Å². The van der Waals surface area contributed by atoms with E-state index in [0.717, 1.165) is 4.61 Å². The minimum absolute atomic E-state index is 0.660. The Hall–Kier alpha value is -0.510. The maximum atomic E-state index is 4.86. The lowest BCUT2D eigenvalue weighted by Crippen LogP contribution is -2.24. The van der Waals surface area contributed by atoms with Crippen molar-refractivity contribution in [2.45, 2.75) is 0 Å². The molecule has 0 aromatic heterocycles. The molecule has 0 unspecified atom stereocenters. The van der Waals surface area contributed by atoms with Crippen molar-refractivity contribution in [3.63, 3.8) is 0 Å². The number of hydrogen-bond acceptors (Lipinski definition) is 3. The van der Waals surface area contributed by atoms with Crippen molar-refractivity contribution in [3.8, 4) is 0 Å². The van der Waals surface area contributed by atoms with Crippen LogP contribution in [-0.2, 0) is 4.74 Å². The number of halogens is 1. The Kier molecular flexibility index (Phi) is 2.10. The molecule has 0 amide bonds. The molecule has 0 atom stereocenters. The van der Waals surface area contributed by atoms with Crippen LogP contribution < -0.4 is 5.32 Å². The molecule has 0 saturated heterocycles. The Morgan fingerprint density at radius 3 is 3.11 bits per heavy atom. The molecule has 1 N–H and O–H groups in total. The Morgan fingerprint density at radius 2 is 2.67 bits per heavy atom. The zero-order valence-corrected chi connectivity index (χ0v) is 6.60. The summed E-state index contributed by atoms with van der Waals surface area (Å²) in [6.45, 7) is 0.660. The monoisotopic (exact) mass is 190 g/mol. The van der Waals surface area contributed by atoms with Gasteiger partial charge in [-0.1, -0.05) is 0 Å². The number of methoxy groups -OCH3 is 1. The van der Waals surface area contributed by atoms with Gasteiger partial charge in [-0.15, -0.1) is 0 Å². The largest absolute Gasteiger partial charge is 0.483 e. The van der Waals surface area contributed by atoms with Gasteiger partial charge in [0, 0.05) is 0 Å². The molecule has 0 aliphatic carbocycles. The van der Waals surface area contributed by atoms with Crippen molar-refractivity contribution in [3.05, 3.63) is 10.8 Å². The van der Waals surface area contributed by atoms with Crippen molar-refractivity contribution in [2.24, 2.45) is 4.99 Å². The van der Waals surface area contributed by atoms with Crippen molar-refractivity contribution in [1.29, 1.82) is 0 Å². The first-order valence-corrected chi connectivity index (χ1v) is 3.32. The lowest BCUT2D eigenvalue weighted by molar-refractivity contribution is 0.391. The molecule has 9 heavy (non-hydrogen) atoms. The molecule has 3 nitrogen and oxygen atoms in total. The first-order valence-electron chi connectivity index (χ1n) is 2.53. The highest BCUT2D eigenvalue weighted by Crippen LogP contribution is 2.03. The lowest BCUT2D eigenvalue weighted by Gasteiger charge is -2.09. The number of hydrogen-bond donors (Lipinski definition) is 1. The summed E-state index contributed by atoms with van der Waals surface area (Å²) < 4.78 is 5.75. The summed E-state index contributed by atoms with van der Waals surface area (Å²) in [7, 11) is 1.60. The normalized spacial score (nSPS) is 17.6. The molecule has 1 heterocycles. The van der Waals surface area contributed by atoms with Crippen LogP contribution in [0, 0.1) is 0 Å². The van der Waals surface area contributed by atoms with Gasteiger partial charge in [-0.05, 0) is 15.9 Å². The second-order valence-corrected chi connectivity index (χ2v) is 2.41. The minimum Gasteiger partial charge on any atom is -0.483 e. The fourth-order valence-corrected chi connectivity index (χ4v) is 0.747. The van der Waals surface area contributed by atoms with Crippen LogP contribution in [0.5, 0.6) is 0 Å². The van der Waals surface area contributed by atoms with Gasteiger partial charge in [-0.3, -0.25) is 0 Å². The summed E-state index contributed by atoms with van der Waals surface area (Å²) in [6, 6.07) is 0. The van der Waals surface area contributed by atoms with Gasteiger partial charge in [0.1, 0.15) is 0 Å². The quantitative estimate of drug-likeness (QED) is 0.575. The second kappa shape index (κ2) is 2.87. The topological polar surface area (TPSA) is 33.6 Å². The van der Waals surface area contributed by atoms with Gasteiger partial charge in [0.05, 0.1) is 24.5 Å². The summed E-state index contributed by atoms with van der Waals surface area (Å²) in [4.78, 5) is 3.95. The molecule has 0 fully saturated rings. The molecule has 0 radical (unpaired) electrons. The van der Waals surface area contributed by atoms with Gasteiger partial charge in [0.2, 0.25) is 5.90 Å². The Bertz CT molecular complexity index is 164. The SMILES string of the molecule is COC1=NC=C(Br)NC1. The average molecular weight is 191 g/mol. The van der Waals surface area contributed by atoms with Crippen LogP contribution in [-0.4, -0.2) is 19.6 Å². The van der Waals surface area contributed by atoms with Crippen LogP contribution in [0.3, 0.4) is 0 Å². The number of aliphatic imine (C=N–C) groups is 1. The van der Waals surface area contributed by atoms with E-state index in [1.807, 2.05) is 0 Å². The van der Waals surface area contributed by atoms with E-state index in [0.29, 0.717) is 12.4 Å². The van der Waals surface area contributed by atoms with Crippen LogP contribution in [0.2, 0.25) is 0 Å². The van der Waals surface area contributed by atoms with Gasteiger partial charge in [0.25, 0.3) is 0 Å². The minimum atomic E-state index is 0.660. The first-order chi connectivity index (χ1) is 4.33. The van der Waals surface area contributed by atoms with E-state index in [2.05, 4.69) is 26.2 Å². The standard InChI is InChI=1S/C5H7BrN2O/c1-9-5-3-7-4(6)2-8-5/h2,7H,3H2,1H3. The van der Waals surface area contributed by atoms with Crippen LogP contribution >= 0.6 is 15.9 Å². The fourth-order valence-electron chi connectivity index (χ4n) is 0.505. The van der Waals surface area contributed by atoms with Crippen molar-refractivity contribution < 1.29 is 4.74 Å². The van der Waals surface area contributed by atoms with Gasteiger partial charge in [0.15, 0.2) is 0 Å². The predicted molar refractivity (Wildman–Crippen MR) is 39.5 cm³/mol. The summed E-state index contributed by atoms with van der Waals surface area (Å²) >= 11 is 3.23. The van der Waals surface area contributed by atoms with Gasteiger partial charge in [-0.25, -0.2) is 4.99 Å². The summed E-state index contributed by atoms with van der Waals surface area (Å²) in [5, 5.41) is 3.00. The molecule has 0 aromatic carbocycles. The number of nitrogens with one attached hydrogen (secondary N) is 1. The molecule has 1 aliphatic rings. The van der Waals surface area contributed by atoms with E-state index < -0.39 is 0 Å². The molecule has 1 aliphatic heterocycles. The highest BCUT2D eigenvalue weighted by Gasteiger charge is 2.01. The summed E-state index contributed by atoms with van der Waals surface area (Å²) in [5.41, 5.74) is 0. The number of ether oxygens (including phenoxy) is 1. The Labute approximate surface area is 61.9 Å². The van der Waals surface area contributed by atoms with Crippen LogP contribution in [0.15, 0.2) is 15.8 Å². The predicted octanol–water partition coefficient (Wildman–Crippen LogP) is 0.828. The van der Waals surface area contributed by atoms with Crippen LogP contribution in [0.1, 0.15) is 0 Å². The Morgan fingerprint density at radius 1 is 1.89 bits per heavy atom. The van der Waals surface area contributed by atoms with Crippen LogP contribution in [0.4, 0.5) is 0 Å². The molecule has 0 spiro atoms. The van der Waals surface area contributed by atoms with Crippen molar-refractivity contribution in [1.82, 2.24) is 5.32 Å². The zero-order chi connectivity index (χ0) is 6.69. The molecule has 0 aromatic rings. The third-order valence-electron chi connectivity index (χ3n) is 0.966. The van der Waals surface area contributed by atoms with E-state index in [4.69, 9.17) is 4.74 Å². The zero-order valence-electron chi connectivity index (χ0n) is 5.02. The molecule has 4 heteroatoms. The molecule has 1 rings (SSSR count). The van der Waals surface area contributed by atoms with E-state index in [9.17, 15) is 0 Å². The van der Waals surface area contributed by atoms with E-state index in [1.54, 1.807) is 13.3 Å². The molecule has 0 saturated carbocycles. The highest BCUT2D eigenvalue weighted by molar-refractivity contribution is 9.11. The summed E-state index contributed by atoms with van der Waals surface area (Å²) in [5.74, 6) is 0.707. The molecule has 0 bridgehead atoms. The second-order valence-electron chi connectivity index (χ2n) is 1.56. The van der Waals surface area contributed by atoms with E-state index >= 15 is 0 Å². The molecule has 50 valence electrons. The van der Waals surface area contributed by atoms with Gasteiger partial charge < -0.3 is 10.1 Å². The highest BCUT2D eigenvalue weighted by atomic mass is 79.9. The number of nitrogens with zero attached hydrogens (tertiary/aromatic N) is 1. The lowest BCUT2D eigenvalue weighted by atomic mass is 10.6.